The number of para-hydroxylation sites is 2. The van der Waals surface area contributed by atoms with Crippen molar-refractivity contribution in [2.24, 2.45) is 5.73 Å². The summed E-state index contributed by atoms with van der Waals surface area (Å²) >= 11 is 0. The predicted octanol–water partition coefficient (Wildman–Crippen LogP) is 4.05. The van der Waals surface area contributed by atoms with Crippen molar-refractivity contribution in [2.75, 3.05) is 25.0 Å². The molecule has 0 radical (unpaired) electrons. The number of nitrogens with one attached hydrogen (secondary N) is 2. The lowest BCUT2D eigenvalue weighted by molar-refractivity contribution is -0.153. The van der Waals surface area contributed by atoms with Crippen LogP contribution >= 0.6 is 12.4 Å². The van der Waals surface area contributed by atoms with Gasteiger partial charge in [0.1, 0.15) is 23.4 Å². The third kappa shape index (κ3) is 5.96. The molecule has 2 atom stereocenters. The lowest BCUT2D eigenvalue weighted by Gasteiger charge is -2.38. The zero-order valence-electron chi connectivity index (χ0n) is 15.6. The Morgan fingerprint density at radius 3 is 2.69 bits per heavy atom. The molecule has 4 N–H and O–H groups in total. The lowest BCUT2D eigenvalue weighted by Crippen LogP contribution is -2.53. The Hall–Kier alpha value is -2.07. The van der Waals surface area contributed by atoms with Gasteiger partial charge in [0.05, 0.1) is 5.69 Å². The molecular weight excluding hydrogens is 414 g/mol. The van der Waals surface area contributed by atoms with Crippen molar-refractivity contribution >= 4 is 23.8 Å². The van der Waals surface area contributed by atoms with Crippen LogP contribution in [-0.4, -0.2) is 32.1 Å². The minimum absolute atomic E-state index is 0. The van der Waals surface area contributed by atoms with Gasteiger partial charge in [0.15, 0.2) is 6.61 Å². The van der Waals surface area contributed by atoms with Gasteiger partial charge in [-0.1, -0.05) is 12.1 Å². The van der Waals surface area contributed by atoms with Gasteiger partial charge in [0.2, 0.25) is 0 Å². The number of hydrogen-bond donors (Lipinski definition) is 3. The van der Waals surface area contributed by atoms with E-state index in [-0.39, 0.29) is 23.7 Å². The second-order valence-electron chi connectivity index (χ2n) is 6.74. The van der Waals surface area contributed by atoms with Gasteiger partial charge in [0, 0.05) is 24.3 Å². The molecule has 0 amide bonds. The number of hydrogen-bond acceptors (Lipinski definition) is 5. The van der Waals surface area contributed by atoms with Crippen molar-refractivity contribution in [2.45, 2.75) is 24.9 Å². The Labute approximate surface area is 172 Å². The number of rotatable bonds is 5. The number of halogens is 5. The second-order valence-corrected chi connectivity index (χ2v) is 6.74. The Morgan fingerprint density at radius 2 is 2.00 bits per heavy atom. The molecule has 10 heteroatoms. The first kappa shape index (κ1) is 23.2. The Kier molecular flexibility index (Phi) is 7.34. The van der Waals surface area contributed by atoms with E-state index in [4.69, 9.17) is 15.2 Å². The standard InChI is InChI=1S/C19H21F4N3O2.ClH/c1-18(10-25-9-17(24)28-18)13-8-12(6-7-14(13)20)26-15-4-2-3-5-16(15)27-11-19(21,22)23;/h2-8,17,25-26H,9-11,24H2,1H3;1H/t17-,18?;/m1./s1. The maximum absolute atomic E-state index is 14.5. The van der Waals surface area contributed by atoms with E-state index in [9.17, 15) is 17.6 Å². The lowest BCUT2D eigenvalue weighted by atomic mass is 9.93. The summed E-state index contributed by atoms with van der Waals surface area (Å²) in [5.74, 6) is -0.430. The average Bonchev–Trinajstić information content (AvgIpc) is 2.61. The van der Waals surface area contributed by atoms with E-state index in [0.29, 0.717) is 24.5 Å². The molecule has 2 aromatic rings. The van der Waals surface area contributed by atoms with Crippen molar-refractivity contribution < 1.29 is 27.0 Å². The van der Waals surface area contributed by atoms with Crippen molar-refractivity contribution in [1.82, 2.24) is 5.32 Å². The van der Waals surface area contributed by atoms with Crippen molar-refractivity contribution in [3.05, 3.63) is 53.8 Å². The molecule has 1 unspecified atom stereocenters. The van der Waals surface area contributed by atoms with Crippen LogP contribution in [0, 0.1) is 5.82 Å². The first-order chi connectivity index (χ1) is 13.2. The number of benzene rings is 2. The molecule has 0 saturated carbocycles. The van der Waals surface area contributed by atoms with Crippen LogP contribution in [0.25, 0.3) is 0 Å². The normalized spacial score (nSPS) is 21.9. The summed E-state index contributed by atoms with van der Waals surface area (Å²) in [6.45, 7) is 1.14. The van der Waals surface area contributed by atoms with Gasteiger partial charge < -0.3 is 25.8 Å². The van der Waals surface area contributed by atoms with Crippen LogP contribution in [0.2, 0.25) is 0 Å². The molecule has 3 rings (SSSR count). The molecule has 0 bridgehead atoms. The smallest absolute Gasteiger partial charge is 0.422 e. The third-order valence-corrected chi connectivity index (χ3v) is 4.31. The van der Waals surface area contributed by atoms with Gasteiger partial charge in [-0.15, -0.1) is 12.4 Å². The SMILES string of the molecule is CC1(c2cc(Nc3ccccc3OCC(F)(F)F)ccc2F)CNC[C@H](N)O1.Cl. The highest BCUT2D eigenvalue weighted by Crippen LogP contribution is 2.34. The Morgan fingerprint density at radius 1 is 1.28 bits per heavy atom. The number of morpholine rings is 1. The van der Waals surface area contributed by atoms with Gasteiger partial charge in [-0.05, 0) is 37.3 Å². The van der Waals surface area contributed by atoms with Gasteiger partial charge in [-0.2, -0.15) is 13.2 Å². The first-order valence-electron chi connectivity index (χ1n) is 8.66. The van der Waals surface area contributed by atoms with Crippen LogP contribution in [0.5, 0.6) is 5.75 Å². The van der Waals surface area contributed by atoms with Crippen molar-refractivity contribution in [1.29, 1.82) is 0 Å². The van der Waals surface area contributed by atoms with E-state index in [1.165, 1.54) is 18.2 Å². The molecule has 1 fully saturated rings. The minimum atomic E-state index is -4.45. The van der Waals surface area contributed by atoms with E-state index >= 15 is 0 Å². The topological polar surface area (TPSA) is 68.5 Å². The van der Waals surface area contributed by atoms with Crippen LogP contribution in [0.15, 0.2) is 42.5 Å². The molecule has 0 spiro atoms. The quantitative estimate of drug-likeness (QED) is 0.618. The molecule has 29 heavy (non-hydrogen) atoms. The fourth-order valence-corrected chi connectivity index (χ4v) is 3.05. The summed E-state index contributed by atoms with van der Waals surface area (Å²) in [5.41, 5.74) is 5.93. The second kappa shape index (κ2) is 9.17. The fourth-order valence-electron chi connectivity index (χ4n) is 3.05. The van der Waals surface area contributed by atoms with E-state index in [1.54, 1.807) is 31.2 Å². The highest BCUT2D eigenvalue weighted by atomic mass is 35.5. The van der Waals surface area contributed by atoms with E-state index < -0.39 is 30.4 Å². The summed E-state index contributed by atoms with van der Waals surface area (Å²) in [5, 5.41) is 6.07. The molecule has 1 aliphatic heterocycles. The van der Waals surface area contributed by atoms with Gasteiger partial charge in [-0.25, -0.2) is 4.39 Å². The van der Waals surface area contributed by atoms with Gasteiger partial charge >= 0.3 is 6.18 Å². The van der Waals surface area contributed by atoms with Gasteiger partial charge in [-0.3, -0.25) is 0 Å². The van der Waals surface area contributed by atoms with Crippen LogP contribution < -0.4 is 21.1 Å². The fraction of sp³-hybridized carbons (Fsp3) is 0.368. The Balaban J connectivity index is 0.00000300. The Bertz CT molecular complexity index is 837. The van der Waals surface area contributed by atoms with Crippen LogP contribution in [-0.2, 0) is 10.3 Å². The maximum Gasteiger partial charge on any atom is 0.422 e. The zero-order valence-corrected chi connectivity index (χ0v) is 16.4. The van der Waals surface area contributed by atoms with Crippen molar-refractivity contribution in [3.8, 4) is 5.75 Å². The van der Waals surface area contributed by atoms with Crippen LogP contribution in [0.4, 0.5) is 28.9 Å². The van der Waals surface area contributed by atoms with Crippen molar-refractivity contribution in [3.63, 3.8) is 0 Å². The average molecular weight is 436 g/mol. The number of anilines is 2. The molecule has 0 aromatic heterocycles. The number of alkyl halides is 3. The molecular formula is C19H22ClF4N3O2. The van der Waals surface area contributed by atoms with E-state index in [2.05, 4.69) is 10.6 Å². The number of nitrogens with two attached hydrogens (primary N) is 1. The maximum atomic E-state index is 14.5. The summed E-state index contributed by atoms with van der Waals surface area (Å²) in [6, 6.07) is 10.5. The molecule has 2 aromatic carbocycles. The predicted molar refractivity (Wildman–Crippen MR) is 104 cm³/mol. The monoisotopic (exact) mass is 435 g/mol. The molecule has 1 aliphatic rings. The minimum Gasteiger partial charge on any atom is -0.482 e. The van der Waals surface area contributed by atoms with Crippen LogP contribution in [0.3, 0.4) is 0 Å². The van der Waals surface area contributed by atoms with E-state index in [0.717, 1.165) is 0 Å². The summed E-state index contributed by atoms with van der Waals surface area (Å²) < 4.78 is 62.5. The summed E-state index contributed by atoms with van der Waals surface area (Å²) in [4.78, 5) is 0. The summed E-state index contributed by atoms with van der Waals surface area (Å²) in [6.07, 6.45) is -5.03. The molecule has 1 saturated heterocycles. The van der Waals surface area contributed by atoms with Gasteiger partial charge in [0.25, 0.3) is 0 Å². The molecule has 5 nitrogen and oxygen atoms in total. The van der Waals surface area contributed by atoms with Crippen LogP contribution in [0.1, 0.15) is 12.5 Å². The van der Waals surface area contributed by atoms with E-state index in [1.807, 2.05) is 0 Å². The highest BCUT2D eigenvalue weighted by Gasteiger charge is 2.36. The zero-order chi connectivity index (χ0) is 20.4. The largest absolute Gasteiger partial charge is 0.482 e. The number of ether oxygens (including phenoxy) is 2. The molecule has 1 heterocycles. The molecule has 0 aliphatic carbocycles. The summed E-state index contributed by atoms with van der Waals surface area (Å²) in [7, 11) is 0. The highest BCUT2D eigenvalue weighted by molar-refractivity contribution is 5.85. The third-order valence-electron chi connectivity index (χ3n) is 4.31. The molecule has 160 valence electrons. The first-order valence-corrected chi connectivity index (χ1v) is 8.66.